The van der Waals surface area contributed by atoms with E-state index >= 15 is 0 Å². The topological polar surface area (TPSA) is 21.3 Å². The van der Waals surface area contributed by atoms with Gasteiger partial charge in [0, 0.05) is 6.54 Å². The van der Waals surface area contributed by atoms with Crippen molar-refractivity contribution in [1.82, 2.24) is 5.32 Å². The minimum atomic E-state index is -2.36. The first-order valence-corrected chi connectivity index (χ1v) is 5.45. The van der Waals surface area contributed by atoms with Crippen molar-refractivity contribution in [2.75, 3.05) is 26.3 Å². The van der Waals surface area contributed by atoms with Crippen molar-refractivity contribution in [3.63, 3.8) is 0 Å². The summed E-state index contributed by atoms with van der Waals surface area (Å²) in [6.45, 7) is 5.12. The lowest BCUT2D eigenvalue weighted by Gasteiger charge is -2.05. The Hall–Kier alpha value is -0.480. The van der Waals surface area contributed by atoms with Gasteiger partial charge in [0.05, 0.1) is 6.61 Å². The average Bonchev–Trinajstić information content (AvgIpc) is 2.20. The fourth-order valence-corrected chi connectivity index (χ4v) is 1.16. The molecule has 0 aliphatic heterocycles. The van der Waals surface area contributed by atoms with Crippen LogP contribution >= 0.6 is 0 Å². The lowest BCUT2D eigenvalue weighted by molar-refractivity contribution is 0.0188. The second kappa shape index (κ2) is 11.6. The lowest BCUT2D eigenvalue weighted by Crippen LogP contribution is -2.22. The van der Waals surface area contributed by atoms with E-state index in [1.165, 1.54) is 12.8 Å². The number of ether oxygens (including phenoxy) is 1. The van der Waals surface area contributed by atoms with E-state index in [1.54, 1.807) is 0 Å². The fraction of sp³-hybridized carbons (Fsp3) is 0.818. The van der Waals surface area contributed by atoms with E-state index in [0.29, 0.717) is 13.2 Å². The molecule has 0 saturated carbocycles. The summed E-state index contributed by atoms with van der Waals surface area (Å²) >= 11 is 0. The van der Waals surface area contributed by atoms with Crippen molar-refractivity contribution in [1.29, 1.82) is 0 Å². The molecule has 0 aromatic carbocycles. The molecule has 1 N–H and O–H groups in total. The molecule has 0 fully saturated rings. The Balaban J connectivity index is 2.89. The number of alkyl halides is 2. The summed E-state index contributed by atoms with van der Waals surface area (Å²) in [5, 5.41) is 3.14. The van der Waals surface area contributed by atoms with Gasteiger partial charge in [-0.25, -0.2) is 8.78 Å². The highest BCUT2D eigenvalue weighted by molar-refractivity contribution is 4.65. The maximum absolute atomic E-state index is 11.6. The predicted molar refractivity (Wildman–Crippen MR) is 58.4 cm³/mol. The minimum Gasteiger partial charge on any atom is -0.374 e. The summed E-state index contributed by atoms with van der Waals surface area (Å²) in [4.78, 5) is 0. The summed E-state index contributed by atoms with van der Waals surface area (Å²) in [6.07, 6.45) is 4.10. The number of nitrogens with one attached hydrogen (secondary N) is 1. The number of halogens is 2. The maximum atomic E-state index is 11.6. The first-order valence-electron chi connectivity index (χ1n) is 5.45. The van der Waals surface area contributed by atoms with E-state index in [9.17, 15) is 8.78 Å². The third-order valence-electron chi connectivity index (χ3n) is 1.93. The summed E-state index contributed by atoms with van der Waals surface area (Å²) in [5.74, 6) is 0. The summed E-state index contributed by atoms with van der Waals surface area (Å²) < 4.78 is 28.0. The highest BCUT2D eigenvalue weighted by Gasteiger charge is 2.00. The van der Waals surface area contributed by atoms with Gasteiger partial charge in [0.1, 0.15) is 6.61 Å². The van der Waals surface area contributed by atoms with Gasteiger partial charge in [-0.2, -0.15) is 0 Å². The van der Waals surface area contributed by atoms with E-state index in [0.717, 1.165) is 19.4 Å². The molecule has 90 valence electrons. The second-order valence-corrected chi connectivity index (χ2v) is 3.35. The van der Waals surface area contributed by atoms with Crippen LogP contribution < -0.4 is 5.32 Å². The van der Waals surface area contributed by atoms with Gasteiger partial charge < -0.3 is 10.1 Å². The van der Waals surface area contributed by atoms with E-state index in [4.69, 9.17) is 4.74 Å². The molecule has 0 aliphatic carbocycles. The van der Waals surface area contributed by atoms with Crippen molar-refractivity contribution in [3.05, 3.63) is 12.7 Å². The smallest absolute Gasteiger partial charge is 0.261 e. The van der Waals surface area contributed by atoms with E-state index in [2.05, 4.69) is 11.9 Å². The normalized spacial score (nSPS) is 10.9. The van der Waals surface area contributed by atoms with Crippen LogP contribution in [0.1, 0.15) is 25.7 Å². The monoisotopic (exact) mass is 221 g/mol. The average molecular weight is 221 g/mol. The molecule has 0 bridgehead atoms. The Labute approximate surface area is 90.7 Å². The van der Waals surface area contributed by atoms with Crippen molar-refractivity contribution in [3.8, 4) is 0 Å². The lowest BCUT2D eigenvalue weighted by atomic mass is 10.2. The van der Waals surface area contributed by atoms with Gasteiger partial charge in [-0.05, 0) is 25.8 Å². The van der Waals surface area contributed by atoms with Crippen LogP contribution in [-0.2, 0) is 4.74 Å². The van der Waals surface area contributed by atoms with Crippen LogP contribution in [0.2, 0.25) is 0 Å². The molecule has 0 saturated heterocycles. The van der Waals surface area contributed by atoms with Gasteiger partial charge in [-0.1, -0.05) is 12.5 Å². The molecule has 2 nitrogen and oxygen atoms in total. The van der Waals surface area contributed by atoms with Gasteiger partial charge in [-0.15, -0.1) is 6.58 Å². The molecule has 0 aromatic rings. The van der Waals surface area contributed by atoms with Crippen molar-refractivity contribution >= 4 is 0 Å². The van der Waals surface area contributed by atoms with Crippen molar-refractivity contribution < 1.29 is 13.5 Å². The molecular weight excluding hydrogens is 200 g/mol. The van der Waals surface area contributed by atoms with Gasteiger partial charge in [0.25, 0.3) is 6.43 Å². The molecule has 0 atom stereocenters. The highest BCUT2D eigenvalue weighted by atomic mass is 19.3. The predicted octanol–water partition coefficient (Wildman–Crippen LogP) is 2.60. The molecule has 0 rings (SSSR count). The molecule has 4 heteroatoms. The van der Waals surface area contributed by atoms with Crippen molar-refractivity contribution in [2.45, 2.75) is 32.1 Å². The van der Waals surface area contributed by atoms with Crippen LogP contribution in [0, 0.1) is 0 Å². The quantitative estimate of drug-likeness (QED) is 0.428. The van der Waals surface area contributed by atoms with E-state index in [-0.39, 0.29) is 0 Å². The SMILES string of the molecule is C=CCCCCCNCCOCC(F)F. The number of allylic oxidation sites excluding steroid dienone is 1. The molecule has 0 amide bonds. The molecule has 0 radical (unpaired) electrons. The van der Waals surface area contributed by atoms with Crippen LogP contribution in [0.15, 0.2) is 12.7 Å². The summed E-state index contributed by atoms with van der Waals surface area (Å²) in [6, 6.07) is 0. The number of hydrogen-bond donors (Lipinski definition) is 1. The molecule has 0 heterocycles. The van der Waals surface area contributed by atoms with Crippen LogP contribution in [-0.4, -0.2) is 32.7 Å². The number of hydrogen-bond acceptors (Lipinski definition) is 2. The molecule has 0 aliphatic rings. The Bertz CT molecular complexity index is 143. The zero-order valence-electron chi connectivity index (χ0n) is 9.18. The molecule has 0 unspecified atom stereocenters. The molecular formula is C11H21F2NO. The highest BCUT2D eigenvalue weighted by Crippen LogP contribution is 1.98. The molecule has 0 aromatic heterocycles. The second-order valence-electron chi connectivity index (χ2n) is 3.35. The Morgan fingerprint density at radius 3 is 2.67 bits per heavy atom. The zero-order chi connectivity index (χ0) is 11.4. The summed E-state index contributed by atoms with van der Waals surface area (Å²) in [5.41, 5.74) is 0. The van der Waals surface area contributed by atoms with E-state index in [1.807, 2.05) is 6.08 Å². The largest absolute Gasteiger partial charge is 0.374 e. The third-order valence-corrected chi connectivity index (χ3v) is 1.93. The Morgan fingerprint density at radius 1 is 1.20 bits per heavy atom. The maximum Gasteiger partial charge on any atom is 0.261 e. The van der Waals surface area contributed by atoms with Crippen molar-refractivity contribution in [2.24, 2.45) is 0 Å². The van der Waals surface area contributed by atoms with Crippen LogP contribution in [0.5, 0.6) is 0 Å². The van der Waals surface area contributed by atoms with Gasteiger partial charge in [0.2, 0.25) is 0 Å². The first-order chi connectivity index (χ1) is 7.27. The third kappa shape index (κ3) is 13.5. The summed E-state index contributed by atoms with van der Waals surface area (Å²) in [7, 11) is 0. The Kier molecular flexibility index (Phi) is 11.2. The van der Waals surface area contributed by atoms with Gasteiger partial charge in [-0.3, -0.25) is 0 Å². The zero-order valence-corrected chi connectivity index (χ0v) is 9.18. The van der Waals surface area contributed by atoms with Crippen LogP contribution in [0.25, 0.3) is 0 Å². The van der Waals surface area contributed by atoms with Gasteiger partial charge >= 0.3 is 0 Å². The van der Waals surface area contributed by atoms with Crippen LogP contribution in [0.4, 0.5) is 8.78 Å². The molecule has 15 heavy (non-hydrogen) atoms. The minimum absolute atomic E-state index is 0.358. The number of unbranched alkanes of at least 4 members (excludes halogenated alkanes) is 3. The first kappa shape index (κ1) is 14.5. The number of rotatable bonds is 11. The fourth-order valence-electron chi connectivity index (χ4n) is 1.16. The van der Waals surface area contributed by atoms with E-state index < -0.39 is 13.0 Å². The molecule has 0 spiro atoms. The van der Waals surface area contributed by atoms with Gasteiger partial charge in [0.15, 0.2) is 0 Å². The standard InChI is InChI=1S/C11H21F2NO/c1-2-3-4-5-6-7-14-8-9-15-10-11(12)13/h2,11,14H,1,3-10H2. The van der Waals surface area contributed by atoms with Crippen LogP contribution in [0.3, 0.4) is 0 Å². The Morgan fingerprint density at radius 2 is 2.00 bits per heavy atom.